The first kappa shape index (κ1) is 13.2. The van der Waals surface area contributed by atoms with Crippen LogP contribution in [0.2, 0.25) is 0 Å². The minimum Gasteiger partial charge on any atom is -0.491 e. The zero-order valence-electron chi connectivity index (χ0n) is 11.4. The normalized spacial score (nSPS) is 21.1. The molecule has 1 aromatic rings. The van der Waals surface area contributed by atoms with Crippen LogP contribution in [-0.2, 0) is 0 Å². The molecule has 3 heteroatoms. The van der Waals surface area contributed by atoms with Crippen molar-refractivity contribution < 1.29 is 4.74 Å². The number of benzene rings is 1. The Hall–Kier alpha value is -1.22. The van der Waals surface area contributed by atoms with Gasteiger partial charge in [0.1, 0.15) is 5.75 Å². The Kier molecular flexibility index (Phi) is 4.48. The van der Waals surface area contributed by atoms with Crippen molar-refractivity contribution in [2.75, 3.05) is 24.5 Å². The Bertz CT molecular complexity index is 363. The second-order valence-electron chi connectivity index (χ2n) is 5.17. The van der Waals surface area contributed by atoms with Gasteiger partial charge in [0.05, 0.1) is 6.10 Å². The summed E-state index contributed by atoms with van der Waals surface area (Å²) in [5.41, 5.74) is 7.00. The summed E-state index contributed by atoms with van der Waals surface area (Å²) in [4.78, 5) is 2.41. The van der Waals surface area contributed by atoms with E-state index >= 15 is 0 Å². The van der Waals surface area contributed by atoms with Gasteiger partial charge in [0.25, 0.3) is 0 Å². The van der Waals surface area contributed by atoms with E-state index in [0.717, 1.165) is 31.8 Å². The van der Waals surface area contributed by atoms with Crippen LogP contribution in [0, 0.1) is 5.92 Å². The van der Waals surface area contributed by atoms with Crippen molar-refractivity contribution in [2.45, 2.75) is 32.8 Å². The first-order chi connectivity index (χ1) is 8.72. The minimum absolute atomic E-state index is 0.282. The summed E-state index contributed by atoms with van der Waals surface area (Å²) in [6.45, 7) is 7.23. The molecular formula is C15H24N2O. The lowest BCUT2D eigenvalue weighted by molar-refractivity contribution is 0.217. The molecule has 0 saturated carbocycles. The molecule has 2 atom stereocenters. The molecule has 18 heavy (non-hydrogen) atoms. The van der Waals surface area contributed by atoms with Gasteiger partial charge in [-0.3, -0.25) is 0 Å². The highest BCUT2D eigenvalue weighted by Gasteiger charge is 2.21. The Labute approximate surface area is 110 Å². The number of nitrogens with two attached hydrogens (primary N) is 1. The Morgan fingerprint density at radius 2 is 2.11 bits per heavy atom. The number of anilines is 1. The van der Waals surface area contributed by atoms with Crippen LogP contribution in [0.5, 0.6) is 5.75 Å². The molecule has 1 aliphatic rings. The molecule has 1 fully saturated rings. The molecule has 0 bridgehead atoms. The summed E-state index contributed by atoms with van der Waals surface area (Å²) >= 11 is 0. The average Bonchev–Trinajstić information content (AvgIpc) is 2.88. The van der Waals surface area contributed by atoms with Gasteiger partial charge in [-0.25, -0.2) is 0 Å². The lowest BCUT2D eigenvalue weighted by Gasteiger charge is -2.19. The molecule has 100 valence electrons. The maximum absolute atomic E-state index is 5.78. The maximum atomic E-state index is 5.78. The molecule has 0 amide bonds. The summed E-state index contributed by atoms with van der Waals surface area (Å²) in [6.07, 6.45) is 2.53. The lowest BCUT2D eigenvalue weighted by Crippen LogP contribution is -2.22. The summed E-state index contributed by atoms with van der Waals surface area (Å²) in [6, 6.07) is 8.43. The Morgan fingerprint density at radius 3 is 2.67 bits per heavy atom. The second-order valence-corrected chi connectivity index (χ2v) is 5.17. The third kappa shape index (κ3) is 3.16. The number of ether oxygens (including phenoxy) is 1. The molecule has 1 saturated heterocycles. The highest BCUT2D eigenvalue weighted by Crippen LogP contribution is 2.25. The lowest BCUT2D eigenvalue weighted by atomic mass is 10.1. The monoisotopic (exact) mass is 248 g/mol. The van der Waals surface area contributed by atoms with Crippen molar-refractivity contribution in [3.8, 4) is 5.75 Å². The molecule has 0 spiro atoms. The Balaban J connectivity index is 1.95. The van der Waals surface area contributed by atoms with E-state index in [0.29, 0.717) is 5.92 Å². The number of nitrogens with zero attached hydrogens (tertiary/aromatic N) is 1. The van der Waals surface area contributed by atoms with E-state index in [4.69, 9.17) is 10.5 Å². The zero-order valence-corrected chi connectivity index (χ0v) is 11.4. The van der Waals surface area contributed by atoms with Gasteiger partial charge in [-0.2, -0.15) is 0 Å². The van der Waals surface area contributed by atoms with E-state index in [2.05, 4.69) is 43.0 Å². The standard InChI is InChI=1S/C15H24N2O/c1-3-12(2)18-15-6-4-14(5-7-15)17-9-8-13(10-16)11-17/h4-7,12-13H,3,8-11,16H2,1-2H3. The summed E-state index contributed by atoms with van der Waals surface area (Å²) in [5, 5.41) is 0. The van der Waals surface area contributed by atoms with Crippen LogP contribution in [0.25, 0.3) is 0 Å². The number of hydrogen-bond donors (Lipinski definition) is 1. The zero-order chi connectivity index (χ0) is 13.0. The SMILES string of the molecule is CCC(C)Oc1ccc(N2CCC(CN)C2)cc1. The number of rotatable bonds is 5. The highest BCUT2D eigenvalue weighted by molar-refractivity contribution is 5.49. The molecule has 3 nitrogen and oxygen atoms in total. The van der Waals surface area contributed by atoms with Gasteiger partial charge in [-0.15, -0.1) is 0 Å². The van der Waals surface area contributed by atoms with Gasteiger partial charge < -0.3 is 15.4 Å². The summed E-state index contributed by atoms with van der Waals surface area (Å²) < 4.78 is 5.78. The quantitative estimate of drug-likeness (QED) is 0.870. The van der Waals surface area contributed by atoms with Gasteiger partial charge >= 0.3 is 0 Å². The van der Waals surface area contributed by atoms with E-state index in [1.54, 1.807) is 0 Å². The van der Waals surface area contributed by atoms with Gasteiger partial charge in [0.15, 0.2) is 0 Å². The van der Waals surface area contributed by atoms with Crippen LogP contribution >= 0.6 is 0 Å². The predicted molar refractivity (Wildman–Crippen MR) is 76.2 cm³/mol. The van der Waals surface area contributed by atoms with Crippen LogP contribution in [0.3, 0.4) is 0 Å². The van der Waals surface area contributed by atoms with Gasteiger partial charge in [0.2, 0.25) is 0 Å². The van der Waals surface area contributed by atoms with Crippen LogP contribution in [0.4, 0.5) is 5.69 Å². The molecule has 0 radical (unpaired) electrons. The fourth-order valence-corrected chi connectivity index (χ4v) is 2.31. The van der Waals surface area contributed by atoms with E-state index < -0.39 is 0 Å². The topological polar surface area (TPSA) is 38.5 Å². The third-order valence-electron chi connectivity index (χ3n) is 3.73. The number of hydrogen-bond acceptors (Lipinski definition) is 3. The molecule has 2 rings (SSSR count). The molecule has 0 aliphatic carbocycles. The average molecular weight is 248 g/mol. The van der Waals surface area contributed by atoms with Gasteiger partial charge in [0, 0.05) is 18.8 Å². The van der Waals surface area contributed by atoms with Crippen molar-refractivity contribution in [1.29, 1.82) is 0 Å². The Morgan fingerprint density at radius 1 is 1.39 bits per heavy atom. The summed E-state index contributed by atoms with van der Waals surface area (Å²) in [7, 11) is 0. The van der Waals surface area contributed by atoms with Crippen LogP contribution in [-0.4, -0.2) is 25.7 Å². The van der Waals surface area contributed by atoms with Gasteiger partial charge in [-0.1, -0.05) is 6.92 Å². The summed E-state index contributed by atoms with van der Waals surface area (Å²) in [5.74, 6) is 1.61. The van der Waals surface area contributed by atoms with Crippen molar-refractivity contribution in [2.24, 2.45) is 11.7 Å². The van der Waals surface area contributed by atoms with E-state index in [1.165, 1.54) is 12.1 Å². The molecule has 1 aliphatic heterocycles. The van der Waals surface area contributed by atoms with Crippen molar-refractivity contribution >= 4 is 5.69 Å². The van der Waals surface area contributed by atoms with Crippen molar-refractivity contribution in [3.05, 3.63) is 24.3 Å². The molecule has 1 aromatic carbocycles. The third-order valence-corrected chi connectivity index (χ3v) is 3.73. The molecule has 0 aromatic heterocycles. The predicted octanol–water partition coefficient (Wildman–Crippen LogP) is 2.65. The van der Waals surface area contributed by atoms with Crippen LogP contribution in [0.1, 0.15) is 26.7 Å². The largest absolute Gasteiger partial charge is 0.491 e. The second kappa shape index (κ2) is 6.10. The minimum atomic E-state index is 0.282. The highest BCUT2D eigenvalue weighted by atomic mass is 16.5. The smallest absolute Gasteiger partial charge is 0.119 e. The maximum Gasteiger partial charge on any atom is 0.119 e. The fourth-order valence-electron chi connectivity index (χ4n) is 2.31. The molecule has 2 N–H and O–H groups in total. The van der Waals surface area contributed by atoms with E-state index in [-0.39, 0.29) is 6.10 Å². The fraction of sp³-hybridized carbons (Fsp3) is 0.600. The van der Waals surface area contributed by atoms with Crippen molar-refractivity contribution in [3.63, 3.8) is 0 Å². The van der Waals surface area contributed by atoms with E-state index in [9.17, 15) is 0 Å². The van der Waals surface area contributed by atoms with E-state index in [1.807, 2.05) is 0 Å². The van der Waals surface area contributed by atoms with Crippen LogP contribution in [0.15, 0.2) is 24.3 Å². The van der Waals surface area contributed by atoms with Crippen molar-refractivity contribution in [1.82, 2.24) is 0 Å². The molecule has 1 heterocycles. The first-order valence-corrected chi connectivity index (χ1v) is 6.94. The first-order valence-electron chi connectivity index (χ1n) is 6.94. The van der Waals surface area contributed by atoms with Gasteiger partial charge in [-0.05, 0) is 56.5 Å². The van der Waals surface area contributed by atoms with Crippen LogP contribution < -0.4 is 15.4 Å². The molecular weight excluding hydrogens is 224 g/mol. The molecule has 2 unspecified atom stereocenters.